The van der Waals surface area contributed by atoms with E-state index < -0.39 is 10.1 Å². The summed E-state index contributed by atoms with van der Waals surface area (Å²) in [7, 11) is -4.14. The molecule has 1 N–H and O–H groups in total. The molecule has 1 rings (SSSR count). The summed E-state index contributed by atoms with van der Waals surface area (Å²) in [5, 5.41) is 2.75. The number of pyridine rings is 1. The number of amides is 1. The van der Waals surface area contributed by atoms with Crippen molar-refractivity contribution in [1.82, 2.24) is 5.32 Å². The number of carbonyl (C=O) groups excluding carboxylic acids is 1. The highest BCUT2D eigenvalue weighted by Gasteiger charge is 2.04. The molecule has 116 valence electrons. The Morgan fingerprint density at radius 2 is 2.00 bits per heavy atom. The third kappa shape index (κ3) is 7.57. The standard InChI is InChI=1S/C14H20N2O4S/c1-12(2)14(17)15-7-4-13-5-9-16(10-6-13)8-3-11-21(18,19)20/h5-6,9-10H,1,3-4,7-8,11H2,2H3,(H-,15,17,18,19,20). The molecule has 1 amide bonds. The minimum atomic E-state index is -4.14. The lowest BCUT2D eigenvalue weighted by Crippen LogP contribution is -2.34. The minimum Gasteiger partial charge on any atom is -0.748 e. The molecule has 7 heteroatoms. The Morgan fingerprint density at radius 1 is 1.38 bits per heavy atom. The quantitative estimate of drug-likeness (QED) is 0.420. The first kappa shape index (κ1) is 17.3. The van der Waals surface area contributed by atoms with Gasteiger partial charge in [-0.25, -0.2) is 13.0 Å². The second-order valence-electron chi connectivity index (χ2n) is 4.85. The second-order valence-corrected chi connectivity index (χ2v) is 6.37. The molecular weight excluding hydrogens is 292 g/mol. The first-order valence-electron chi connectivity index (χ1n) is 6.63. The fraction of sp³-hybridized carbons (Fsp3) is 0.429. The van der Waals surface area contributed by atoms with E-state index in [1.54, 1.807) is 6.92 Å². The van der Waals surface area contributed by atoms with Gasteiger partial charge in [0.1, 0.15) is 6.54 Å². The van der Waals surface area contributed by atoms with Gasteiger partial charge < -0.3 is 9.87 Å². The predicted molar refractivity (Wildman–Crippen MR) is 77.3 cm³/mol. The molecule has 0 atom stereocenters. The van der Waals surface area contributed by atoms with E-state index in [9.17, 15) is 17.8 Å². The van der Waals surface area contributed by atoms with Crippen LogP contribution in [0.4, 0.5) is 0 Å². The van der Waals surface area contributed by atoms with Gasteiger partial charge in [-0.1, -0.05) is 6.58 Å². The molecule has 6 nitrogen and oxygen atoms in total. The molecule has 0 saturated heterocycles. The van der Waals surface area contributed by atoms with Gasteiger partial charge in [0.15, 0.2) is 12.4 Å². The summed E-state index contributed by atoms with van der Waals surface area (Å²) in [6.07, 6.45) is 4.65. The molecule has 0 aliphatic heterocycles. The first-order valence-corrected chi connectivity index (χ1v) is 8.21. The number of nitrogens with one attached hydrogen (secondary N) is 1. The number of carbonyl (C=O) groups is 1. The highest BCUT2D eigenvalue weighted by atomic mass is 32.2. The monoisotopic (exact) mass is 312 g/mol. The van der Waals surface area contributed by atoms with E-state index in [4.69, 9.17) is 0 Å². The van der Waals surface area contributed by atoms with Crippen LogP contribution in [0.1, 0.15) is 18.9 Å². The normalized spacial score (nSPS) is 11.1. The van der Waals surface area contributed by atoms with E-state index in [1.165, 1.54) is 0 Å². The van der Waals surface area contributed by atoms with Crippen LogP contribution in [0, 0.1) is 0 Å². The van der Waals surface area contributed by atoms with Gasteiger partial charge in [-0.15, -0.1) is 0 Å². The lowest BCUT2D eigenvalue weighted by molar-refractivity contribution is -0.696. The Balaban J connectivity index is 2.36. The largest absolute Gasteiger partial charge is 0.748 e. The third-order valence-electron chi connectivity index (χ3n) is 2.86. The Morgan fingerprint density at radius 3 is 2.52 bits per heavy atom. The maximum absolute atomic E-state index is 11.3. The molecule has 0 aliphatic rings. The average molecular weight is 312 g/mol. The van der Waals surface area contributed by atoms with E-state index in [1.807, 2.05) is 29.1 Å². The van der Waals surface area contributed by atoms with Crippen LogP contribution in [0.3, 0.4) is 0 Å². The van der Waals surface area contributed by atoms with Gasteiger partial charge in [-0.05, 0) is 18.9 Å². The molecule has 1 aromatic rings. The zero-order chi connectivity index (χ0) is 15.9. The van der Waals surface area contributed by atoms with Gasteiger partial charge in [0, 0.05) is 36.4 Å². The summed E-state index contributed by atoms with van der Waals surface area (Å²) in [6, 6.07) is 3.80. The number of rotatable bonds is 8. The van der Waals surface area contributed by atoms with Crippen LogP contribution < -0.4 is 9.88 Å². The zero-order valence-corrected chi connectivity index (χ0v) is 12.9. The van der Waals surface area contributed by atoms with E-state index >= 15 is 0 Å². The second kappa shape index (κ2) is 7.90. The fourth-order valence-electron chi connectivity index (χ4n) is 1.70. The van der Waals surface area contributed by atoms with Crippen molar-refractivity contribution in [3.05, 3.63) is 42.2 Å². The SMILES string of the molecule is C=C(C)C(=O)NCCc1cc[n+](CCCS(=O)(=O)[O-])cc1. The van der Waals surface area contributed by atoms with Crippen molar-refractivity contribution < 1.29 is 22.3 Å². The van der Waals surface area contributed by atoms with Gasteiger partial charge in [0.25, 0.3) is 0 Å². The molecule has 0 aromatic carbocycles. The van der Waals surface area contributed by atoms with Crippen LogP contribution in [0.15, 0.2) is 36.7 Å². The molecule has 0 spiro atoms. The van der Waals surface area contributed by atoms with E-state index in [0.717, 1.165) is 5.56 Å². The number of nitrogens with zero attached hydrogens (tertiary/aromatic N) is 1. The van der Waals surface area contributed by atoms with Crippen molar-refractivity contribution in [2.75, 3.05) is 12.3 Å². The maximum Gasteiger partial charge on any atom is 0.246 e. The van der Waals surface area contributed by atoms with Gasteiger partial charge in [0.05, 0.1) is 10.1 Å². The lowest BCUT2D eigenvalue weighted by atomic mass is 10.2. The van der Waals surface area contributed by atoms with Crippen molar-refractivity contribution in [2.45, 2.75) is 26.3 Å². The van der Waals surface area contributed by atoms with Crippen LogP contribution in [-0.2, 0) is 27.9 Å². The van der Waals surface area contributed by atoms with E-state index in [2.05, 4.69) is 11.9 Å². The molecular formula is C14H20N2O4S. The molecule has 0 fully saturated rings. The first-order chi connectivity index (χ1) is 9.78. The van der Waals surface area contributed by atoms with Crippen molar-refractivity contribution in [2.24, 2.45) is 0 Å². The smallest absolute Gasteiger partial charge is 0.246 e. The summed E-state index contributed by atoms with van der Waals surface area (Å²) in [5.74, 6) is -0.505. The molecule has 1 aromatic heterocycles. The highest BCUT2D eigenvalue weighted by molar-refractivity contribution is 7.85. The van der Waals surface area contributed by atoms with Gasteiger partial charge >= 0.3 is 0 Å². The van der Waals surface area contributed by atoms with Crippen LogP contribution >= 0.6 is 0 Å². The van der Waals surface area contributed by atoms with Crippen molar-refractivity contribution in [1.29, 1.82) is 0 Å². The van der Waals surface area contributed by atoms with Gasteiger partial charge in [0.2, 0.25) is 5.91 Å². The Kier molecular flexibility index (Phi) is 6.51. The summed E-state index contributed by atoms with van der Waals surface area (Å²) in [5.41, 5.74) is 1.54. The van der Waals surface area contributed by atoms with Crippen molar-refractivity contribution in [3.8, 4) is 0 Å². The maximum atomic E-state index is 11.3. The van der Waals surface area contributed by atoms with Gasteiger partial charge in [-0.3, -0.25) is 4.79 Å². The summed E-state index contributed by atoms with van der Waals surface area (Å²) in [6.45, 7) is 6.23. The average Bonchev–Trinajstić information content (AvgIpc) is 2.39. The number of hydrogen-bond acceptors (Lipinski definition) is 4. The van der Waals surface area contributed by atoms with Crippen LogP contribution in [0.2, 0.25) is 0 Å². The van der Waals surface area contributed by atoms with Crippen LogP contribution in [0.5, 0.6) is 0 Å². The van der Waals surface area contributed by atoms with E-state index in [-0.39, 0.29) is 11.7 Å². The highest BCUT2D eigenvalue weighted by Crippen LogP contribution is 1.97. The molecule has 0 radical (unpaired) electrons. The molecule has 0 unspecified atom stereocenters. The van der Waals surface area contributed by atoms with Crippen LogP contribution in [-0.4, -0.2) is 31.2 Å². The van der Waals surface area contributed by atoms with Crippen molar-refractivity contribution >= 4 is 16.0 Å². The predicted octanol–water partition coefficient (Wildman–Crippen LogP) is 0.144. The number of aromatic nitrogens is 1. The Hall–Kier alpha value is -1.73. The Labute approximate surface area is 125 Å². The van der Waals surface area contributed by atoms with E-state index in [0.29, 0.717) is 31.5 Å². The summed E-state index contributed by atoms with van der Waals surface area (Å²) in [4.78, 5) is 11.3. The Bertz CT molecular complexity index is 594. The summed E-state index contributed by atoms with van der Waals surface area (Å²) >= 11 is 0. The summed E-state index contributed by atoms with van der Waals surface area (Å²) < 4.78 is 33.3. The fourth-order valence-corrected chi connectivity index (χ4v) is 2.18. The minimum absolute atomic E-state index is 0.153. The number of hydrogen-bond donors (Lipinski definition) is 1. The molecule has 21 heavy (non-hydrogen) atoms. The molecule has 0 saturated carbocycles. The topological polar surface area (TPSA) is 90.2 Å². The lowest BCUT2D eigenvalue weighted by Gasteiger charge is -2.05. The zero-order valence-electron chi connectivity index (χ0n) is 12.0. The van der Waals surface area contributed by atoms with Crippen molar-refractivity contribution in [3.63, 3.8) is 0 Å². The number of aryl methyl sites for hydroxylation is 1. The van der Waals surface area contributed by atoms with Crippen LogP contribution in [0.25, 0.3) is 0 Å². The van der Waals surface area contributed by atoms with Gasteiger partial charge in [-0.2, -0.15) is 0 Å². The molecule has 0 aliphatic carbocycles. The molecule has 1 heterocycles. The molecule has 0 bridgehead atoms. The third-order valence-corrected chi connectivity index (χ3v) is 3.65.